The molecule has 1 aromatic heterocycles. The molecule has 0 aliphatic carbocycles. The summed E-state index contributed by atoms with van der Waals surface area (Å²) >= 11 is 1.52. The number of carbonyl (C=O) groups excluding carboxylic acids is 1. The Hall–Kier alpha value is -1.76. The topological polar surface area (TPSA) is 65.5 Å². The molecule has 0 saturated carbocycles. The summed E-state index contributed by atoms with van der Waals surface area (Å²) in [7, 11) is 1.80. The second-order valence-corrected chi connectivity index (χ2v) is 5.67. The van der Waals surface area contributed by atoms with Crippen LogP contribution < -0.4 is 5.32 Å². The summed E-state index contributed by atoms with van der Waals surface area (Å²) in [6.07, 6.45) is 1.74. The van der Waals surface area contributed by atoms with Crippen LogP contribution in [-0.2, 0) is 4.79 Å². The number of benzene rings is 1. The van der Waals surface area contributed by atoms with Gasteiger partial charge in [-0.1, -0.05) is 30.3 Å². The lowest BCUT2D eigenvalue weighted by molar-refractivity contribution is -0.122. The van der Waals surface area contributed by atoms with Crippen molar-refractivity contribution in [2.75, 3.05) is 26.7 Å². The number of likely N-dealkylation sites (N-methyl/N-ethyl adjacent to an activating group) is 1. The largest absolute Gasteiger partial charge is 0.395 e. The summed E-state index contributed by atoms with van der Waals surface area (Å²) in [5, 5.41) is 14.6. The zero-order valence-electron chi connectivity index (χ0n) is 11.9. The number of rotatable bonds is 7. The molecule has 2 rings (SSSR count). The van der Waals surface area contributed by atoms with Crippen molar-refractivity contribution >= 4 is 17.2 Å². The molecule has 0 aliphatic heterocycles. The van der Waals surface area contributed by atoms with Gasteiger partial charge in [-0.25, -0.2) is 4.98 Å². The van der Waals surface area contributed by atoms with Crippen molar-refractivity contribution in [2.24, 2.45) is 0 Å². The van der Waals surface area contributed by atoms with Crippen LogP contribution in [0.1, 0.15) is 16.6 Å². The number of aliphatic hydroxyl groups is 1. The van der Waals surface area contributed by atoms with Gasteiger partial charge in [0.15, 0.2) is 0 Å². The Morgan fingerprint density at radius 3 is 2.81 bits per heavy atom. The van der Waals surface area contributed by atoms with Gasteiger partial charge in [-0.05, 0) is 12.6 Å². The van der Waals surface area contributed by atoms with E-state index in [-0.39, 0.29) is 25.1 Å². The first-order chi connectivity index (χ1) is 10.2. The number of nitrogens with zero attached hydrogens (tertiary/aromatic N) is 2. The van der Waals surface area contributed by atoms with E-state index in [1.54, 1.807) is 18.1 Å². The van der Waals surface area contributed by atoms with E-state index < -0.39 is 0 Å². The summed E-state index contributed by atoms with van der Waals surface area (Å²) in [5.74, 6) is -0.0880. The molecule has 0 spiro atoms. The van der Waals surface area contributed by atoms with Gasteiger partial charge in [0.2, 0.25) is 5.91 Å². The van der Waals surface area contributed by atoms with Gasteiger partial charge in [0.1, 0.15) is 11.0 Å². The Kier molecular flexibility index (Phi) is 5.86. The molecule has 2 aromatic rings. The van der Waals surface area contributed by atoms with Crippen LogP contribution in [0.25, 0.3) is 0 Å². The van der Waals surface area contributed by atoms with E-state index in [4.69, 9.17) is 5.11 Å². The SMILES string of the molecule is CN(CCO)CC(=O)NC(c1ccccc1)c1nccs1. The molecule has 0 radical (unpaired) electrons. The second kappa shape index (κ2) is 7.87. The normalized spacial score (nSPS) is 12.3. The van der Waals surface area contributed by atoms with Crippen molar-refractivity contribution in [3.63, 3.8) is 0 Å². The molecule has 1 aromatic carbocycles. The zero-order chi connectivity index (χ0) is 15.1. The molecule has 5 nitrogen and oxygen atoms in total. The molecule has 6 heteroatoms. The first kappa shape index (κ1) is 15.6. The smallest absolute Gasteiger partial charge is 0.235 e. The van der Waals surface area contributed by atoms with E-state index in [1.165, 1.54) is 11.3 Å². The van der Waals surface area contributed by atoms with Crippen LogP contribution in [0.5, 0.6) is 0 Å². The fourth-order valence-electron chi connectivity index (χ4n) is 2.01. The van der Waals surface area contributed by atoms with Crippen molar-refractivity contribution in [1.82, 2.24) is 15.2 Å². The highest BCUT2D eigenvalue weighted by Crippen LogP contribution is 2.23. The predicted octanol–water partition coefficient (Wildman–Crippen LogP) is 1.27. The van der Waals surface area contributed by atoms with E-state index in [1.807, 2.05) is 35.7 Å². The Morgan fingerprint density at radius 2 is 2.19 bits per heavy atom. The molecule has 1 amide bonds. The summed E-state index contributed by atoms with van der Waals surface area (Å²) in [6.45, 7) is 0.758. The number of aliphatic hydroxyl groups excluding tert-OH is 1. The number of hydrogen-bond acceptors (Lipinski definition) is 5. The lowest BCUT2D eigenvalue weighted by Crippen LogP contribution is -2.38. The molecule has 1 unspecified atom stereocenters. The van der Waals surface area contributed by atoms with Gasteiger partial charge in [-0.2, -0.15) is 0 Å². The average molecular weight is 305 g/mol. The van der Waals surface area contributed by atoms with Gasteiger partial charge < -0.3 is 10.4 Å². The molecular weight excluding hydrogens is 286 g/mol. The molecule has 112 valence electrons. The second-order valence-electron chi connectivity index (χ2n) is 4.74. The standard InChI is InChI=1S/C15H19N3O2S/c1-18(8-9-19)11-13(20)17-14(15-16-7-10-21-15)12-5-3-2-4-6-12/h2-7,10,14,19H,8-9,11H2,1H3,(H,17,20). The molecule has 1 heterocycles. The van der Waals surface area contributed by atoms with Crippen molar-refractivity contribution in [1.29, 1.82) is 0 Å². The molecule has 0 saturated heterocycles. The van der Waals surface area contributed by atoms with Gasteiger partial charge >= 0.3 is 0 Å². The van der Waals surface area contributed by atoms with Crippen LogP contribution in [0.3, 0.4) is 0 Å². The minimum absolute atomic E-state index is 0.0401. The van der Waals surface area contributed by atoms with Crippen LogP contribution in [0.4, 0.5) is 0 Å². The van der Waals surface area contributed by atoms with E-state index >= 15 is 0 Å². The monoisotopic (exact) mass is 305 g/mol. The summed E-state index contributed by atoms with van der Waals surface area (Å²) in [5.41, 5.74) is 1.01. The Labute approximate surface area is 128 Å². The number of thiazole rings is 1. The zero-order valence-corrected chi connectivity index (χ0v) is 12.7. The maximum absolute atomic E-state index is 12.1. The van der Waals surface area contributed by atoms with E-state index in [9.17, 15) is 4.79 Å². The minimum Gasteiger partial charge on any atom is -0.395 e. The molecule has 0 bridgehead atoms. The molecule has 0 fully saturated rings. The molecular formula is C15H19N3O2S. The van der Waals surface area contributed by atoms with E-state index in [0.717, 1.165) is 10.6 Å². The lowest BCUT2D eigenvalue weighted by atomic mass is 10.1. The number of amides is 1. The van der Waals surface area contributed by atoms with Crippen LogP contribution >= 0.6 is 11.3 Å². The van der Waals surface area contributed by atoms with Gasteiger partial charge in [0.25, 0.3) is 0 Å². The van der Waals surface area contributed by atoms with E-state index in [0.29, 0.717) is 6.54 Å². The molecule has 21 heavy (non-hydrogen) atoms. The van der Waals surface area contributed by atoms with Crippen LogP contribution in [0, 0.1) is 0 Å². The molecule has 2 N–H and O–H groups in total. The highest BCUT2D eigenvalue weighted by atomic mass is 32.1. The Morgan fingerprint density at radius 1 is 1.43 bits per heavy atom. The third-order valence-electron chi connectivity index (χ3n) is 3.03. The van der Waals surface area contributed by atoms with Crippen molar-refractivity contribution in [3.05, 3.63) is 52.5 Å². The third kappa shape index (κ3) is 4.63. The fourth-order valence-corrected chi connectivity index (χ4v) is 2.73. The Balaban J connectivity index is 2.09. The van der Waals surface area contributed by atoms with Crippen LogP contribution in [0.2, 0.25) is 0 Å². The lowest BCUT2D eigenvalue weighted by Gasteiger charge is -2.20. The maximum Gasteiger partial charge on any atom is 0.235 e. The van der Waals surface area contributed by atoms with E-state index in [2.05, 4.69) is 10.3 Å². The van der Waals surface area contributed by atoms with Gasteiger partial charge in [0, 0.05) is 18.1 Å². The van der Waals surface area contributed by atoms with Crippen LogP contribution in [0.15, 0.2) is 41.9 Å². The maximum atomic E-state index is 12.1. The van der Waals surface area contributed by atoms with Crippen LogP contribution in [-0.4, -0.2) is 47.6 Å². The van der Waals surface area contributed by atoms with Crippen molar-refractivity contribution in [3.8, 4) is 0 Å². The van der Waals surface area contributed by atoms with Gasteiger partial charge in [-0.15, -0.1) is 11.3 Å². The number of aromatic nitrogens is 1. The molecule has 1 atom stereocenters. The number of nitrogens with one attached hydrogen (secondary N) is 1. The predicted molar refractivity (Wildman–Crippen MR) is 83.1 cm³/mol. The van der Waals surface area contributed by atoms with Gasteiger partial charge in [0.05, 0.1) is 13.2 Å². The van der Waals surface area contributed by atoms with Crippen molar-refractivity contribution in [2.45, 2.75) is 6.04 Å². The quantitative estimate of drug-likeness (QED) is 0.808. The van der Waals surface area contributed by atoms with Crippen molar-refractivity contribution < 1.29 is 9.90 Å². The number of hydrogen-bond donors (Lipinski definition) is 2. The van der Waals surface area contributed by atoms with Gasteiger partial charge in [-0.3, -0.25) is 9.69 Å². The highest BCUT2D eigenvalue weighted by molar-refractivity contribution is 7.09. The minimum atomic E-state index is -0.235. The highest BCUT2D eigenvalue weighted by Gasteiger charge is 2.19. The number of carbonyl (C=O) groups is 1. The summed E-state index contributed by atoms with van der Waals surface area (Å²) in [6, 6.07) is 9.55. The third-order valence-corrected chi connectivity index (χ3v) is 3.87. The summed E-state index contributed by atoms with van der Waals surface area (Å²) in [4.78, 5) is 18.2. The molecule has 0 aliphatic rings. The average Bonchev–Trinajstić information content (AvgIpc) is 3.00. The summed E-state index contributed by atoms with van der Waals surface area (Å²) < 4.78 is 0. The Bertz CT molecular complexity index is 545. The first-order valence-electron chi connectivity index (χ1n) is 6.74. The fraction of sp³-hybridized carbons (Fsp3) is 0.333. The first-order valence-corrected chi connectivity index (χ1v) is 7.61.